The normalized spacial score (nSPS) is 10.1. The van der Waals surface area contributed by atoms with Crippen LogP contribution in [-0.2, 0) is 0 Å². The van der Waals surface area contributed by atoms with Crippen molar-refractivity contribution in [3.05, 3.63) is 52.9 Å². The van der Waals surface area contributed by atoms with Crippen LogP contribution in [0.2, 0.25) is 5.02 Å². The highest BCUT2D eigenvalue weighted by molar-refractivity contribution is 6.31. The van der Waals surface area contributed by atoms with Gasteiger partial charge in [0.15, 0.2) is 0 Å². The molecule has 0 aliphatic heterocycles. The van der Waals surface area contributed by atoms with Crippen molar-refractivity contribution in [1.82, 2.24) is 4.98 Å². The Kier molecular flexibility index (Phi) is 3.43. The molecule has 0 saturated carbocycles. The van der Waals surface area contributed by atoms with Gasteiger partial charge in [0.1, 0.15) is 22.2 Å². The Morgan fingerprint density at radius 3 is 2.78 bits per heavy atom. The Hall–Kier alpha value is -2.14. The van der Waals surface area contributed by atoms with Crippen LogP contribution in [0.5, 0.6) is 11.6 Å². The summed E-state index contributed by atoms with van der Waals surface area (Å²) >= 11 is 5.74. The van der Waals surface area contributed by atoms with Crippen molar-refractivity contribution in [1.29, 1.82) is 0 Å². The summed E-state index contributed by atoms with van der Waals surface area (Å²) in [6, 6.07) is 7.06. The molecule has 0 aliphatic carbocycles. The number of carboxylic acid groups (broad SMARTS) is 1. The minimum absolute atomic E-state index is 0.0281. The van der Waals surface area contributed by atoms with Crippen LogP contribution in [0.25, 0.3) is 0 Å². The highest BCUT2D eigenvalue weighted by Gasteiger charge is 2.13. The summed E-state index contributed by atoms with van der Waals surface area (Å²) in [7, 11) is 0. The molecule has 2 aromatic rings. The van der Waals surface area contributed by atoms with Crippen LogP contribution in [0.3, 0.4) is 0 Å². The molecule has 1 N–H and O–H groups in total. The third-order valence-corrected chi connectivity index (χ3v) is 2.37. The fourth-order valence-corrected chi connectivity index (χ4v) is 1.51. The van der Waals surface area contributed by atoms with Gasteiger partial charge in [-0.3, -0.25) is 0 Å². The van der Waals surface area contributed by atoms with Gasteiger partial charge in [-0.15, -0.1) is 0 Å². The van der Waals surface area contributed by atoms with Gasteiger partial charge in [-0.25, -0.2) is 14.2 Å². The lowest BCUT2D eigenvalue weighted by Crippen LogP contribution is -2.00. The van der Waals surface area contributed by atoms with Gasteiger partial charge >= 0.3 is 5.97 Å². The van der Waals surface area contributed by atoms with E-state index in [0.29, 0.717) is 0 Å². The summed E-state index contributed by atoms with van der Waals surface area (Å²) in [5.74, 6) is -1.69. The van der Waals surface area contributed by atoms with Crippen LogP contribution in [0, 0.1) is 5.82 Å². The number of aromatic nitrogens is 1. The van der Waals surface area contributed by atoms with Gasteiger partial charge in [-0.1, -0.05) is 23.7 Å². The molecule has 2 rings (SSSR count). The molecule has 0 radical (unpaired) electrons. The van der Waals surface area contributed by atoms with Gasteiger partial charge in [0, 0.05) is 0 Å². The number of halogens is 2. The topological polar surface area (TPSA) is 59.4 Å². The fraction of sp³-hybridized carbons (Fsp3) is 0. The van der Waals surface area contributed by atoms with E-state index in [9.17, 15) is 9.18 Å². The van der Waals surface area contributed by atoms with Gasteiger partial charge < -0.3 is 9.84 Å². The molecule has 0 spiro atoms. The van der Waals surface area contributed by atoms with E-state index in [4.69, 9.17) is 21.4 Å². The Morgan fingerprint density at radius 2 is 2.11 bits per heavy atom. The van der Waals surface area contributed by atoms with Crippen molar-refractivity contribution in [2.24, 2.45) is 0 Å². The summed E-state index contributed by atoms with van der Waals surface area (Å²) in [6.07, 6.45) is 0.935. The average molecular weight is 268 g/mol. The van der Waals surface area contributed by atoms with E-state index >= 15 is 0 Å². The van der Waals surface area contributed by atoms with Gasteiger partial charge in [0.2, 0.25) is 5.88 Å². The molecule has 6 heteroatoms. The number of para-hydroxylation sites is 1. The molecule has 1 heterocycles. The van der Waals surface area contributed by atoms with E-state index in [1.54, 1.807) is 12.1 Å². The number of hydrogen-bond donors (Lipinski definition) is 1. The maximum absolute atomic E-state index is 12.8. The molecule has 0 aliphatic rings. The lowest BCUT2D eigenvalue weighted by Gasteiger charge is -2.08. The highest BCUT2D eigenvalue weighted by atomic mass is 35.5. The van der Waals surface area contributed by atoms with Crippen LogP contribution < -0.4 is 4.74 Å². The zero-order valence-corrected chi connectivity index (χ0v) is 9.69. The first-order valence-electron chi connectivity index (χ1n) is 4.89. The van der Waals surface area contributed by atoms with Gasteiger partial charge in [0.05, 0.1) is 6.20 Å². The molecule has 1 aromatic carbocycles. The molecule has 1 aromatic heterocycles. The van der Waals surface area contributed by atoms with Crippen molar-refractivity contribution >= 4 is 17.6 Å². The second-order valence-corrected chi connectivity index (χ2v) is 3.75. The second kappa shape index (κ2) is 5.01. The summed E-state index contributed by atoms with van der Waals surface area (Å²) in [4.78, 5) is 14.6. The minimum atomic E-state index is -1.14. The van der Waals surface area contributed by atoms with Gasteiger partial charge in [0.25, 0.3) is 0 Å². The molecule has 0 atom stereocenters. The number of carbonyl (C=O) groups is 1. The number of ether oxygens (including phenoxy) is 1. The van der Waals surface area contributed by atoms with E-state index in [0.717, 1.165) is 12.3 Å². The quantitative estimate of drug-likeness (QED) is 0.926. The van der Waals surface area contributed by atoms with Crippen LogP contribution in [0.4, 0.5) is 4.39 Å². The lowest BCUT2D eigenvalue weighted by atomic mass is 10.2. The van der Waals surface area contributed by atoms with Gasteiger partial charge in [-0.2, -0.15) is 0 Å². The lowest BCUT2D eigenvalue weighted by molar-refractivity contribution is 0.0694. The molecule has 0 saturated heterocycles. The van der Waals surface area contributed by atoms with E-state index in [2.05, 4.69) is 4.98 Å². The average Bonchev–Trinajstić information content (AvgIpc) is 2.33. The Morgan fingerprint density at radius 1 is 1.39 bits per heavy atom. The standard InChI is InChI=1S/C12H7ClFNO3/c13-9-5-7(14)6-15-11(9)18-10-4-2-1-3-8(10)12(16)17/h1-6H,(H,16,17). The molecular formula is C12H7ClFNO3. The zero-order chi connectivity index (χ0) is 13.1. The Balaban J connectivity index is 2.37. The van der Waals surface area contributed by atoms with E-state index in [1.807, 2.05) is 0 Å². The monoisotopic (exact) mass is 267 g/mol. The predicted octanol–water partition coefficient (Wildman–Crippen LogP) is 3.36. The number of aromatic carboxylic acids is 1. The number of nitrogens with zero attached hydrogens (tertiary/aromatic N) is 1. The maximum Gasteiger partial charge on any atom is 0.339 e. The van der Waals surface area contributed by atoms with Crippen LogP contribution in [-0.4, -0.2) is 16.1 Å². The van der Waals surface area contributed by atoms with E-state index < -0.39 is 11.8 Å². The third kappa shape index (κ3) is 2.57. The number of benzene rings is 1. The van der Waals surface area contributed by atoms with Crippen molar-refractivity contribution in [2.75, 3.05) is 0 Å². The third-order valence-electron chi connectivity index (χ3n) is 2.10. The maximum atomic E-state index is 12.8. The highest BCUT2D eigenvalue weighted by Crippen LogP contribution is 2.29. The first kappa shape index (κ1) is 12.3. The largest absolute Gasteiger partial charge is 0.478 e. The molecule has 0 unspecified atom stereocenters. The number of pyridine rings is 1. The minimum Gasteiger partial charge on any atom is -0.478 e. The Labute approximate surface area is 107 Å². The molecule has 0 bridgehead atoms. The summed E-state index contributed by atoms with van der Waals surface area (Å²) < 4.78 is 18.1. The smallest absolute Gasteiger partial charge is 0.339 e. The number of hydrogen-bond acceptors (Lipinski definition) is 3. The van der Waals surface area contributed by atoms with E-state index in [1.165, 1.54) is 12.1 Å². The van der Waals surface area contributed by atoms with Gasteiger partial charge in [-0.05, 0) is 18.2 Å². The molecule has 18 heavy (non-hydrogen) atoms. The molecule has 0 amide bonds. The summed E-state index contributed by atoms with van der Waals surface area (Å²) in [5.41, 5.74) is -0.0281. The molecule has 0 fully saturated rings. The van der Waals surface area contributed by atoms with Crippen LogP contribution >= 0.6 is 11.6 Å². The second-order valence-electron chi connectivity index (χ2n) is 3.34. The van der Waals surface area contributed by atoms with Crippen molar-refractivity contribution in [2.45, 2.75) is 0 Å². The van der Waals surface area contributed by atoms with E-state index in [-0.39, 0.29) is 22.2 Å². The van der Waals surface area contributed by atoms with Crippen molar-refractivity contribution in [3.63, 3.8) is 0 Å². The first-order valence-corrected chi connectivity index (χ1v) is 5.27. The molecule has 4 nitrogen and oxygen atoms in total. The number of carboxylic acids is 1. The first-order chi connectivity index (χ1) is 8.58. The Bertz CT molecular complexity index is 604. The van der Waals surface area contributed by atoms with Crippen LogP contribution in [0.15, 0.2) is 36.5 Å². The summed E-state index contributed by atoms with van der Waals surface area (Å²) in [5, 5.41) is 8.93. The molecular weight excluding hydrogens is 261 g/mol. The predicted molar refractivity (Wildman–Crippen MR) is 62.7 cm³/mol. The van der Waals surface area contributed by atoms with Crippen molar-refractivity contribution in [3.8, 4) is 11.6 Å². The van der Waals surface area contributed by atoms with Crippen LogP contribution in [0.1, 0.15) is 10.4 Å². The zero-order valence-electron chi connectivity index (χ0n) is 8.93. The summed E-state index contributed by atoms with van der Waals surface area (Å²) in [6.45, 7) is 0. The SMILES string of the molecule is O=C(O)c1ccccc1Oc1ncc(F)cc1Cl. The fourth-order valence-electron chi connectivity index (χ4n) is 1.31. The number of rotatable bonds is 3. The molecule has 92 valence electrons. The van der Waals surface area contributed by atoms with Crippen molar-refractivity contribution < 1.29 is 19.0 Å².